The maximum Gasteiger partial charge on any atom is 0.341 e. The number of carbonyl (C=O) groups excluding carboxylic acids is 2. The molecule has 0 radical (unpaired) electrons. The molecule has 1 heterocycles. The highest BCUT2D eigenvalue weighted by Crippen LogP contribution is 2.23. The summed E-state index contributed by atoms with van der Waals surface area (Å²) in [6, 6.07) is 13.6. The lowest BCUT2D eigenvalue weighted by Gasteiger charge is -2.10. The number of aromatic nitrogens is 3. The third-order valence-electron chi connectivity index (χ3n) is 4.04. The van der Waals surface area contributed by atoms with Crippen molar-refractivity contribution in [2.24, 2.45) is 0 Å². The summed E-state index contributed by atoms with van der Waals surface area (Å²) in [7, 11) is 1.56. The molecule has 0 aliphatic heterocycles. The monoisotopic (exact) mass is 428 g/mol. The lowest BCUT2D eigenvalue weighted by atomic mass is 10.2. The second-order valence-electron chi connectivity index (χ2n) is 6.10. The number of methoxy groups -OCH3 is 1. The molecule has 9 nitrogen and oxygen atoms in total. The number of nitrogens with one attached hydrogen (secondary N) is 1. The van der Waals surface area contributed by atoms with Gasteiger partial charge in [-0.25, -0.2) is 4.79 Å². The van der Waals surface area contributed by atoms with Gasteiger partial charge in [0.25, 0.3) is 5.56 Å². The van der Waals surface area contributed by atoms with E-state index in [1.165, 1.54) is 11.8 Å². The zero-order chi connectivity index (χ0) is 21.3. The van der Waals surface area contributed by atoms with Crippen molar-refractivity contribution in [3.8, 4) is 0 Å². The quantitative estimate of drug-likeness (QED) is 0.310. The number of ether oxygens (including phenoxy) is 2. The van der Waals surface area contributed by atoms with Crippen molar-refractivity contribution in [2.75, 3.05) is 26.0 Å². The van der Waals surface area contributed by atoms with Crippen molar-refractivity contribution in [1.82, 2.24) is 20.3 Å². The molecule has 1 N–H and O–H groups in total. The second kappa shape index (κ2) is 10.5. The zero-order valence-corrected chi connectivity index (χ0v) is 17.1. The zero-order valence-electron chi connectivity index (χ0n) is 16.2. The van der Waals surface area contributed by atoms with Gasteiger partial charge in [-0.3, -0.25) is 9.59 Å². The number of thioether (sulfide) groups is 1. The molecule has 2 aromatic carbocycles. The Bertz CT molecular complexity index is 1100. The predicted molar refractivity (Wildman–Crippen MR) is 111 cm³/mol. The lowest BCUT2D eigenvalue weighted by Crippen LogP contribution is -2.28. The van der Waals surface area contributed by atoms with Gasteiger partial charge in [-0.1, -0.05) is 29.5 Å². The molecule has 0 aliphatic rings. The Morgan fingerprint density at radius 2 is 1.90 bits per heavy atom. The molecule has 3 rings (SSSR count). The van der Waals surface area contributed by atoms with E-state index in [-0.39, 0.29) is 18.4 Å². The van der Waals surface area contributed by atoms with Crippen LogP contribution in [0.15, 0.2) is 58.2 Å². The number of rotatable bonds is 9. The van der Waals surface area contributed by atoms with E-state index in [0.717, 1.165) is 4.68 Å². The van der Waals surface area contributed by atoms with Crippen LogP contribution < -0.4 is 10.9 Å². The minimum atomic E-state index is -0.625. The van der Waals surface area contributed by atoms with Crippen molar-refractivity contribution in [2.45, 2.75) is 11.6 Å². The van der Waals surface area contributed by atoms with E-state index >= 15 is 0 Å². The van der Waals surface area contributed by atoms with Crippen LogP contribution in [-0.2, 0) is 21.0 Å². The highest BCUT2D eigenvalue weighted by Gasteiger charge is 2.15. The number of amides is 1. The number of hydrogen-bond donors (Lipinski definition) is 1. The molecular weight excluding hydrogens is 408 g/mol. The van der Waals surface area contributed by atoms with Gasteiger partial charge in [0.05, 0.1) is 23.3 Å². The Hall–Kier alpha value is -3.24. The molecule has 3 aromatic rings. The van der Waals surface area contributed by atoms with Crippen LogP contribution in [0.3, 0.4) is 0 Å². The third kappa shape index (κ3) is 5.43. The summed E-state index contributed by atoms with van der Waals surface area (Å²) in [6.45, 7) is 0.476. The highest BCUT2D eigenvalue weighted by molar-refractivity contribution is 8.00. The van der Waals surface area contributed by atoms with E-state index in [2.05, 4.69) is 15.6 Å². The van der Waals surface area contributed by atoms with Gasteiger partial charge in [0.2, 0.25) is 5.91 Å². The van der Waals surface area contributed by atoms with Crippen molar-refractivity contribution >= 4 is 34.5 Å². The fraction of sp³-hybridized carbons (Fsp3) is 0.250. The third-order valence-corrected chi connectivity index (χ3v) is 5.11. The highest BCUT2D eigenvalue weighted by atomic mass is 32.2. The van der Waals surface area contributed by atoms with Gasteiger partial charge in [0.15, 0.2) is 6.73 Å². The van der Waals surface area contributed by atoms with Crippen molar-refractivity contribution in [3.63, 3.8) is 0 Å². The summed E-state index contributed by atoms with van der Waals surface area (Å²) in [6.07, 6.45) is 0. The van der Waals surface area contributed by atoms with Gasteiger partial charge in [-0.05, 0) is 24.3 Å². The molecule has 0 fully saturated rings. The molecule has 10 heteroatoms. The van der Waals surface area contributed by atoms with Crippen LogP contribution in [0.25, 0.3) is 10.9 Å². The van der Waals surface area contributed by atoms with Crippen molar-refractivity contribution in [1.29, 1.82) is 0 Å². The van der Waals surface area contributed by atoms with E-state index < -0.39 is 11.5 Å². The molecule has 0 bridgehead atoms. The Morgan fingerprint density at radius 3 is 2.73 bits per heavy atom. The number of fused-ring (bicyclic) bond motifs is 1. The molecule has 0 saturated heterocycles. The number of esters is 1. The summed E-state index contributed by atoms with van der Waals surface area (Å²) in [5.74, 6) is -0.651. The number of carbonyl (C=O) groups is 2. The second-order valence-corrected chi connectivity index (χ2v) is 7.12. The molecule has 1 amide bonds. The number of nitrogens with zero attached hydrogens (tertiary/aromatic N) is 3. The summed E-state index contributed by atoms with van der Waals surface area (Å²) in [5.41, 5.74) is 0.369. The fourth-order valence-electron chi connectivity index (χ4n) is 2.55. The Labute approximate surface area is 176 Å². The molecule has 0 atom stereocenters. The van der Waals surface area contributed by atoms with E-state index in [4.69, 9.17) is 9.47 Å². The first-order valence-corrected chi connectivity index (χ1v) is 10.1. The van der Waals surface area contributed by atoms with E-state index in [1.54, 1.807) is 55.6 Å². The van der Waals surface area contributed by atoms with E-state index in [0.29, 0.717) is 34.5 Å². The average molecular weight is 428 g/mol. The van der Waals surface area contributed by atoms with Gasteiger partial charge in [0.1, 0.15) is 5.52 Å². The standard InChI is InChI=1S/C20H20N4O5S/c1-28-11-10-21-18(25)12-30-17-9-5-3-7-15(17)20(27)29-13-24-19(26)14-6-2-4-8-16(14)22-23-24/h2-9H,10-13H2,1H3,(H,21,25). The lowest BCUT2D eigenvalue weighted by molar-refractivity contribution is -0.118. The van der Waals surface area contributed by atoms with Crippen molar-refractivity contribution in [3.05, 3.63) is 64.4 Å². The Balaban J connectivity index is 1.64. The van der Waals surface area contributed by atoms with E-state index in [1.807, 2.05) is 0 Å². The first-order valence-electron chi connectivity index (χ1n) is 9.07. The number of benzene rings is 2. The average Bonchev–Trinajstić information content (AvgIpc) is 2.77. The maximum atomic E-state index is 12.6. The smallest absolute Gasteiger partial charge is 0.341 e. The van der Waals surface area contributed by atoms with Crippen LogP contribution in [0.5, 0.6) is 0 Å². The molecule has 1 aromatic heterocycles. The predicted octanol–water partition coefficient (Wildman–Crippen LogP) is 1.46. The van der Waals surface area contributed by atoms with Crippen LogP contribution in [0.2, 0.25) is 0 Å². The van der Waals surface area contributed by atoms with Gasteiger partial charge < -0.3 is 14.8 Å². The van der Waals surface area contributed by atoms with Crippen LogP contribution in [-0.4, -0.2) is 52.9 Å². The topological polar surface area (TPSA) is 112 Å². The molecule has 0 aliphatic carbocycles. The van der Waals surface area contributed by atoms with Crippen LogP contribution in [0, 0.1) is 0 Å². The summed E-state index contributed by atoms with van der Waals surface area (Å²) < 4.78 is 11.1. The molecular formula is C20H20N4O5S. The van der Waals surface area contributed by atoms with Gasteiger partial charge in [-0.15, -0.1) is 16.9 Å². The van der Waals surface area contributed by atoms with Gasteiger partial charge in [-0.2, -0.15) is 4.68 Å². The molecule has 0 unspecified atom stereocenters. The SMILES string of the molecule is COCCNC(=O)CSc1ccccc1C(=O)OCn1nnc2ccccc2c1=O. The van der Waals surface area contributed by atoms with Crippen LogP contribution >= 0.6 is 11.8 Å². The maximum absolute atomic E-state index is 12.6. The first-order chi connectivity index (χ1) is 14.6. The number of hydrogen-bond acceptors (Lipinski definition) is 8. The minimum absolute atomic E-state index is 0.142. The Morgan fingerprint density at radius 1 is 1.13 bits per heavy atom. The largest absolute Gasteiger partial charge is 0.439 e. The fourth-order valence-corrected chi connectivity index (χ4v) is 3.42. The van der Waals surface area contributed by atoms with Gasteiger partial charge >= 0.3 is 5.97 Å². The minimum Gasteiger partial charge on any atom is -0.439 e. The summed E-state index contributed by atoms with van der Waals surface area (Å²) in [4.78, 5) is 37.5. The molecule has 0 saturated carbocycles. The Kier molecular flexibility index (Phi) is 7.52. The van der Waals surface area contributed by atoms with Crippen molar-refractivity contribution < 1.29 is 19.1 Å². The first kappa shape index (κ1) is 21.5. The van der Waals surface area contributed by atoms with Gasteiger partial charge in [0, 0.05) is 18.6 Å². The van der Waals surface area contributed by atoms with Crippen LogP contribution in [0.4, 0.5) is 0 Å². The van der Waals surface area contributed by atoms with E-state index in [9.17, 15) is 14.4 Å². The molecule has 156 valence electrons. The molecule has 30 heavy (non-hydrogen) atoms. The molecule has 0 spiro atoms. The normalized spacial score (nSPS) is 10.7. The summed E-state index contributed by atoms with van der Waals surface area (Å²) >= 11 is 1.22. The van der Waals surface area contributed by atoms with Crippen LogP contribution in [0.1, 0.15) is 10.4 Å². The summed E-state index contributed by atoms with van der Waals surface area (Å²) in [5, 5.41) is 10.9.